The summed E-state index contributed by atoms with van der Waals surface area (Å²) in [6.45, 7) is 0.449. The molecular weight excluding hydrogens is 392 g/mol. The van der Waals surface area contributed by atoms with Crippen molar-refractivity contribution in [1.29, 1.82) is 0 Å². The van der Waals surface area contributed by atoms with Gasteiger partial charge in [-0.25, -0.2) is 0 Å². The Balaban J connectivity index is 1.32. The second-order valence-electron chi connectivity index (χ2n) is 7.49. The molecule has 0 aliphatic heterocycles. The molecule has 3 aromatic rings. The number of carbonyl (C=O) groups is 2. The summed E-state index contributed by atoms with van der Waals surface area (Å²) in [4.78, 5) is 25.9. The Bertz CT molecular complexity index is 1030. The lowest BCUT2D eigenvalue weighted by Gasteiger charge is -2.23. The Morgan fingerprint density at radius 1 is 0.839 bits per heavy atom. The molecule has 4 rings (SSSR count). The second kappa shape index (κ2) is 9.34. The normalized spacial score (nSPS) is 12.8. The molecule has 2 amide bonds. The van der Waals surface area contributed by atoms with E-state index < -0.39 is 5.91 Å². The molecule has 0 heterocycles. The van der Waals surface area contributed by atoms with Crippen molar-refractivity contribution in [3.63, 3.8) is 0 Å². The van der Waals surface area contributed by atoms with Gasteiger partial charge < -0.3 is 20.1 Å². The van der Waals surface area contributed by atoms with Gasteiger partial charge in [-0.15, -0.1) is 0 Å². The van der Waals surface area contributed by atoms with E-state index in [4.69, 9.17) is 15.2 Å². The molecule has 1 saturated carbocycles. The van der Waals surface area contributed by atoms with Crippen LogP contribution in [-0.2, 0) is 11.3 Å². The summed E-state index contributed by atoms with van der Waals surface area (Å²) in [5.41, 5.74) is 6.69. The summed E-state index contributed by atoms with van der Waals surface area (Å²) in [6, 6.07) is 24.0. The van der Waals surface area contributed by atoms with Crippen LogP contribution in [0.15, 0.2) is 78.9 Å². The van der Waals surface area contributed by atoms with Crippen LogP contribution in [0, 0.1) is 0 Å². The number of nitrogens with zero attached hydrogens (tertiary/aromatic N) is 1. The van der Waals surface area contributed by atoms with Crippen molar-refractivity contribution in [2.45, 2.75) is 25.4 Å². The summed E-state index contributed by atoms with van der Waals surface area (Å²) < 4.78 is 11.5. The fraction of sp³-hybridized carbons (Fsp3) is 0.200. The lowest BCUT2D eigenvalue weighted by atomic mass is 10.1. The first-order valence-electron chi connectivity index (χ1n) is 10.2. The first-order chi connectivity index (χ1) is 15.1. The van der Waals surface area contributed by atoms with E-state index in [2.05, 4.69) is 0 Å². The monoisotopic (exact) mass is 416 g/mol. The largest absolute Gasteiger partial charge is 0.484 e. The Hall–Kier alpha value is -3.80. The van der Waals surface area contributed by atoms with Gasteiger partial charge in [-0.1, -0.05) is 30.3 Å². The van der Waals surface area contributed by atoms with E-state index in [1.54, 1.807) is 24.3 Å². The summed E-state index contributed by atoms with van der Waals surface area (Å²) in [5.74, 6) is 1.54. The maximum Gasteiger partial charge on any atom is 0.261 e. The molecule has 0 saturated heterocycles. The average molecular weight is 416 g/mol. The molecule has 2 N–H and O–H groups in total. The molecule has 0 unspecified atom stereocenters. The van der Waals surface area contributed by atoms with Gasteiger partial charge in [0.05, 0.1) is 0 Å². The number of ether oxygens (including phenoxy) is 2. The van der Waals surface area contributed by atoms with E-state index in [0.29, 0.717) is 23.6 Å². The number of para-hydroxylation sites is 1. The SMILES string of the molecule is NC(=O)c1ccc(CN(C(=O)COc2ccc(Oc3ccccc3)cc2)C2CC2)cc1. The number of carbonyl (C=O) groups excluding carboxylic acids is 2. The molecule has 3 aromatic carbocycles. The minimum absolute atomic E-state index is 0.0330. The second-order valence-corrected chi connectivity index (χ2v) is 7.49. The van der Waals surface area contributed by atoms with E-state index in [0.717, 1.165) is 24.2 Å². The number of hydrogen-bond donors (Lipinski definition) is 1. The summed E-state index contributed by atoms with van der Waals surface area (Å²) in [7, 11) is 0. The molecule has 6 nitrogen and oxygen atoms in total. The van der Waals surface area contributed by atoms with Crippen LogP contribution < -0.4 is 15.2 Å². The molecule has 1 aliphatic rings. The number of hydrogen-bond acceptors (Lipinski definition) is 4. The van der Waals surface area contributed by atoms with Crippen molar-refractivity contribution in [3.05, 3.63) is 90.0 Å². The standard InChI is InChI=1S/C25H24N2O4/c26-25(29)19-8-6-18(7-9-19)16-27(20-10-11-20)24(28)17-30-21-12-14-23(15-13-21)31-22-4-2-1-3-5-22/h1-9,12-15,20H,10-11,16-17H2,(H2,26,29). The molecule has 31 heavy (non-hydrogen) atoms. The van der Waals surface area contributed by atoms with Gasteiger partial charge in [-0.3, -0.25) is 9.59 Å². The number of benzene rings is 3. The predicted molar refractivity (Wildman–Crippen MR) is 117 cm³/mol. The number of rotatable bonds is 9. The maximum absolute atomic E-state index is 12.8. The highest BCUT2D eigenvalue weighted by Gasteiger charge is 2.32. The highest BCUT2D eigenvalue weighted by molar-refractivity contribution is 5.92. The zero-order chi connectivity index (χ0) is 21.6. The van der Waals surface area contributed by atoms with E-state index >= 15 is 0 Å². The van der Waals surface area contributed by atoms with Gasteiger partial charge in [-0.05, 0) is 66.9 Å². The third-order valence-corrected chi connectivity index (χ3v) is 5.06. The highest BCUT2D eigenvalue weighted by atomic mass is 16.5. The van der Waals surface area contributed by atoms with Crippen molar-refractivity contribution < 1.29 is 19.1 Å². The molecule has 1 aliphatic carbocycles. The summed E-state index contributed by atoms with van der Waals surface area (Å²) >= 11 is 0. The molecular formula is C25H24N2O4. The van der Waals surface area contributed by atoms with Gasteiger partial charge >= 0.3 is 0 Å². The lowest BCUT2D eigenvalue weighted by Crippen LogP contribution is -2.36. The van der Waals surface area contributed by atoms with Crippen molar-refractivity contribution in [2.75, 3.05) is 6.61 Å². The van der Waals surface area contributed by atoms with Crippen LogP contribution in [0.1, 0.15) is 28.8 Å². The van der Waals surface area contributed by atoms with E-state index in [9.17, 15) is 9.59 Å². The summed E-state index contributed by atoms with van der Waals surface area (Å²) in [6.07, 6.45) is 1.99. The molecule has 158 valence electrons. The smallest absolute Gasteiger partial charge is 0.261 e. The van der Waals surface area contributed by atoms with Crippen molar-refractivity contribution >= 4 is 11.8 Å². The van der Waals surface area contributed by atoms with Crippen LogP contribution in [0.2, 0.25) is 0 Å². The van der Waals surface area contributed by atoms with Gasteiger partial charge in [0.1, 0.15) is 17.2 Å². The van der Waals surface area contributed by atoms with Crippen molar-refractivity contribution in [1.82, 2.24) is 4.90 Å². The topological polar surface area (TPSA) is 81.9 Å². The first kappa shape index (κ1) is 20.5. The number of nitrogens with two attached hydrogens (primary N) is 1. The quantitative estimate of drug-likeness (QED) is 0.568. The van der Waals surface area contributed by atoms with E-state index in [1.165, 1.54) is 0 Å². The predicted octanol–water partition coefficient (Wildman–Crippen LogP) is 4.15. The number of primary amides is 1. The molecule has 0 atom stereocenters. The zero-order valence-corrected chi connectivity index (χ0v) is 17.1. The molecule has 0 radical (unpaired) electrons. The zero-order valence-electron chi connectivity index (χ0n) is 17.1. The first-order valence-corrected chi connectivity index (χ1v) is 10.2. The third kappa shape index (κ3) is 5.63. The maximum atomic E-state index is 12.8. The van der Waals surface area contributed by atoms with Gasteiger partial charge in [-0.2, -0.15) is 0 Å². The average Bonchev–Trinajstić information content (AvgIpc) is 3.63. The van der Waals surface area contributed by atoms with Crippen LogP contribution in [0.25, 0.3) is 0 Å². The van der Waals surface area contributed by atoms with E-state index in [1.807, 2.05) is 59.5 Å². The Kier molecular flexibility index (Phi) is 6.17. The van der Waals surface area contributed by atoms with Crippen LogP contribution in [0.3, 0.4) is 0 Å². The molecule has 1 fully saturated rings. The minimum Gasteiger partial charge on any atom is -0.484 e. The highest BCUT2D eigenvalue weighted by Crippen LogP contribution is 2.29. The lowest BCUT2D eigenvalue weighted by molar-refractivity contribution is -0.134. The van der Waals surface area contributed by atoms with Crippen LogP contribution in [0.5, 0.6) is 17.2 Å². The fourth-order valence-corrected chi connectivity index (χ4v) is 3.23. The van der Waals surface area contributed by atoms with Gasteiger partial charge in [0.25, 0.3) is 5.91 Å². The van der Waals surface area contributed by atoms with Crippen molar-refractivity contribution in [3.8, 4) is 17.2 Å². The van der Waals surface area contributed by atoms with Gasteiger partial charge in [0, 0.05) is 18.2 Å². The molecule has 0 spiro atoms. The molecule has 0 aromatic heterocycles. The van der Waals surface area contributed by atoms with Crippen LogP contribution in [-0.4, -0.2) is 29.4 Å². The fourth-order valence-electron chi connectivity index (χ4n) is 3.23. The molecule has 0 bridgehead atoms. The van der Waals surface area contributed by atoms with Gasteiger partial charge in [0.15, 0.2) is 6.61 Å². The van der Waals surface area contributed by atoms with Crippen LogP contribution >= 0.6 is 0 Å². The summed E-state index contributed by atoms with van der Waals surface area (Å²) in [5, 5.41) is 0. The minimum atomic E-state index is -0.463. The van der Waals surface area contributed by atoms with Gasteiger partial charge in [0.2, 0.25) is 5.91 Å². The third-order valence-electron chi connectivity index (χ3n) is 5.06. The number of amides is 2. The Morgan fingerprint density at radius 2 is 1.45 bits per heavy atom. The Morgan fingerprint density at radius 3 is 2.06 bits per heavy atom. The molecule has 6 heteroatoms. The van der Waals surface area contributed by atoms with Crippen LogP contribution in [0.4, 0.5) is 0 Å². The van der Waals surface area contributed by atoms with Crippen molar-refractivity contribution in [2.24, 2.45) is 5.73 Å². The van der Waals surface area contributed by atoms with E-state index in [-0.39, 0.29) is 18.6 Å². The Labute approximate surface area is 181 Å².